The Labute approximate surface area is 191 Å². The Kier molecular flexibility index (Phi) is 10.4. The highest BCUT2D eigenvalue weighted by Gasteiger charge is 2.22. The van der Waals surface area contributed by atoms with Gasteiger partial charge in [0, 0.05) is 52.9 Å². The highest BCUT2D eigenvalue weighted by atomic mass is 16.5. The maximum atomic E-state index is 6.01. The van der Waals surface area contributed by atoms with Crippen LogP contribution in [-0.4, -0.2) is 70.6 Å². The molecule has 0 atom stereocenters. The lowest BCUT2D eigenvalue weighted by atomic mass is 10.1. The Hall–Kier alpha value is -2.51. The molecule has 32 heavy (non-hydrogen) atoms. The lowest BCUT2D eigenvalue weighted by molar-refractivity contribution is 0.00990. The Balaban J connectivity index is 1.49. The second-order valence-corrected chi connectivity index (χ2v) is 7.96. The second kappa shape index (κ2) is 13.8. The second-order valence-electron chi connectivity index (χ2n) is 7.96. The molecule has 0 unspecified atom stereocenters. The van der Waals surface area contributed by atoms with E-state index in [2.05, 4.69) is 22.3 Å². The predicted molar refractivity (Wildman–Crippen MR) is 126 cm³/mol. The highest BCUT2D eigenvalue weighted by molar-refractivity contribution is 5.80. The molecule has 0 radical (unpaired) electrons. The molecular formula is C25H37N3O4. The molecule has 1 saturated heterocycles. The van der Waals surface area contributed by atoms with E-state index in [1.165, 1.54) is 5.56 Å². The number of hydrogen-bond donors (Lipinski definition) is 1. The van der Waals surface area contributed by atoms with Crippen molar-refractivity contribution in [2.75, 3.05) is 53.6 Å². The Bertz CT molecular complexity index is 769. The molecule has 3 rings (SSSR count). The minimum absolute atomic E-state index is 0.326. The van der Waals surface area contributed by atoms with Gasteiger partial charge in [0.2, 0.25) is 0 Å². The van der Waals surface area contributed by atoms with Crippen molar-refractivity contribution in [3.63, 3.8) is 0 Å². The van der Waals surface area contributed by atoms with E-state index in [9.17, 15) is 0 Å². The Morgan fingerprint density at radius 1 is 1.09 bits per heavy atom. The summed E-state index contributed by atoms with van der Waals surface area (Å²) in [7, 11) is 3.42. The molecular weight excluding hydrogens is 406 g/mol. The van der Waals surface area contributed by atoms with Gasteiger partial charge in [0.1, 0.15) is 11.5 Å². The van der Waals surface area contributed by atoms with Crippen molar-refractivity contribution in [3.05, 3.63) is 54.0 Å². The van der Waals surface area contributed by atoms with Gasteiger partial charge in [-0.2, -0.15) is 0 Å². The summed E-state index contributed by atoms with van der Waals surface area (Å²) in [5.41, 5.74) is 1.27. The minimum atomic E-state index is 0.326. The third kappa shape index (κ3) is 8.20. The zero-order valence-corrected chi connectivity index (χ0v) is 19.4. The molecule has 2 aromatic rings. The molecule has 176 valence electrons. The zero-order chi connectivity index (χ0) is 22.4. The number of aliphatic imine (C=N–C) groups is 1. The van der Waals surface area contributed by atoms with E-state index in [-0.39, 0.29) is 0 Å². The number of piperidine rings is 1. The van der Waals surface area contributed by atoms with Gasteiger partial charge in [-0.1, -0.05) is 12.1 Å². The number of nitrogens with zero attached hydrogens (tertiary/aromatic N) is 2. The largest absolute Gasteiger partial charge is 0.497 e. The summed E-state index contributed by atoms with van der Waals surface area (Å²) in [6.07, 6.45) is 6.75. The van der Waals surface area contributed by atoms with Gasteiger partial charge in [-0.3, -0.25) is 4.99 Å². The van der Waals surface area contributed by atoms with E-state index < -0.39 is 0 Å². The summed E-state index contributed by atoms with van der Waals surface area (Å²) in [6, 6.07) is 12.2. The number of furan rings is 1. The number of rotatable bonds is 12. The fourth-order valence-corrected chi connectivity index (χ4v) is 3.79. The van der Waals surface area contributed by atoms with Gasteiger partial charge in [-0.15, -0.1) is 0 Å². The molecule has 0 spiro atoms. The number of ether oxygens (including phenoxy) is 3. The van der Waals surface area contributed by atoms with Crippen molar-refractivity contribution in [2.24, 2.45) is 4.99 Å². The average Bonchev–Trinajstić information content (AvgIpc) is 3.35. The number of likely N-dealkylation sites (tertiary alicyclic amines) is 1. The van der Waals surface area contributed by atoms with Crippen molar-refractivity contribution in [1.82, 2.24) is 10.2 Å². The predicted octanol–water partition coefficient (Wildman–Crippen LogP) is 3.54. The normalized spacial score (nSPS) is 15.2. The molecule has 7 heteroatoms. The minimum Gasteiger partial charge on any atom is -0.497 e. The maximum absolute atomic E-state index is 6.01. The zero-order valence-electron chi connectivity index (χ0n) is 19.4. The van der Waals surface area contributed by atoms with Gasteiger partial charge < -0.3 is 28.8 Å². The Morgan fingerprint density at radius 2 is 1.91 bits per heavy atom. The molecule has 0 aliphatic carbocycles. The number of guanidine groups is 1. The molecule has 0 amide bonds. The number of nitrogens with one attached hydrogen (secondary N) is 1. The van der Waals surface area contributed by atoms with Crippen molar-refractivity contribution in [3.8, 4) is 5.75 Å². The van der Waals surface area contributed by atoms with Crippen molar-refractivity contribution >= 4 is 5.96 Å². The quantitative estimate of drug-likeness (QED) is 0.307. The summed E-state index contributed by atoms with van der Waals surface area (Å²) in [5, 5.41) is 3.58. The number of methoxy groups -OCH3 is 2. The van der Waals surface area contributed by atoms with Crippen LogP contribution in [-0.2, 0) is 22.3 Å². The highest BCUT2D eigenvalue weighted by Crippen LogP contribution is 2.15. The molecule has 1 aliphatic heterocycles. The topological polar surface area (TPSA) is 68.5 Å². The van der Waals surface area contributed by atoms with Crippen LogP contribution in [0.3, 0.4) is 0 Å². The van der Waals surface area contributed by atoms with Crippen molar-refractivity contribution < 1.29 is 18.6 Å². The SMILES string of the molecule is COCCCOC1CCN(C(=NCCc2ccco2)NCCc2ccc(OC)cc2)CC1. The first-order valence-electron chi connectivity index (χ1n) is 11.6. The van der Waals surface area contributed by atoms with E-state index in [0.29, 0.717) is 12.6 Å². The van der Waals surface area contributed by atoms with Gasteiger partial charge >= 0.3 is 0 Å². The molecule has 2 heterocycles. The summed E-state index contributed by atoms with van der Waals surface area (Å²) in [4.78, 5) is 7.24. The lowest BCUT2D eigenvalue weighted by Crippen LogP contribution is -2.47. The summed E-state index contributed by atoms with van der Waals surface area (Å²) >= 11 is 0. The van der Waals surface area contributed by atoms with Crippen LogP contribution >= 0.6 is 0 Å². The molecule has 7 nitrogen and oxygen atoms in total. The van der Waals surface area contributed by atoms with Crippen LogP contribution in [0.5, 0.6) is 5.75 Å². The van der Waals surface area contributed by atoms with Crippen LogP contribution in [0.1, 0.15) is 30.6 Å². The maximum Gasteiger partial charge on any atom is 0.193 e. The molecule has 1 aromatic heterocycles. The van der Waals surface area contributed by atoms with Gasteiger partial charge in [0.05, 0.1) is 19.5 Å². The van der Waals surface area contributed by atoms with Gasteiger partial charge in [-0.05, 0) is 55.5 Å². The Morgan fingerprint density at radius 3 is 2.59 bits per heavy atom. The van der Waals surface area contributed by atoms with E-state index in [0.717, 1.165) is 82.4 Å². The van der Waals surface area contributed by atoms with E-state index in [1.807, 2.05) is 24.3 Å². The standard InChI is InChI=1S/C25H37N3O4/c1-29-18-4-20-32-24-12-16-28(17-13-24)25(27-15-11-23-5-3-19-31-23)26-14-10-21-6-8-22(30-2)9-7-21/h3,5-9,19,24H,4,10-18,20H2,1-2H3,(H,26,27). The molecule has 1 fully saturated rings. The van der Waals surface area contributed by atoms with Gasteiger partial charge in [0.15, 0.2) is 5.96 Å². The molecule has 1 N–H and O–H groups in total. The van der Waals surface area contributed by atoms with Crippen molar-refractivity contribution in [1.29, 1.82) is 0 Å². The molecule has 0 saturated carbocycles. The number of hydrogen-bond acceptors (Lipinski definition) is 5. The third-order valence-electron chi connectivity index (χ3n) is 5.64. The van der Waals surface area contributed by atoms with Gasteiger partial charge in [-0.25, -0.2) is 0 Å². The smallest absolute Gasteiger partial charge is 0.193 e. The van der Waals surface area contributed by atoms with Crippen LogP contribution in [0.15, 0.2) is 52.1 Å². The van der Waals surface area contributed by atoms with Crippen LogP contribution in [0.4, 0.5) is 0 Å². The molecule has 1 aromatic carbocycles. The molecule has 0 bridgehead atoms. The lowest BCUT2D eigenvalue weighted by Gasteiger charge is -2.34. The first-order valence-corrected chi connectivity index (χ1v) is 11.6. The van der Waals surface area contributed by atoms with E-state index >= 15 is 0 Å². The first kappa shape index (κ1) is 24.1. The van der Waals surface area contributed by atoms with E-state index in [1.54, 1.807) is 20.5 Å². The average molecular weight is 444 g/mol. The van der Waals surface area contributed by atoms with Crippen LogP contribution < -0.4 is 10.1 Å². The van der Waals surface area contributed by atoms with Crippen molar-refractivity contribution in [2.45, 2.75) is 38.2 Å². The number of benzene rings is 1. The first-order chi connectivity index (χ1) is 15.8. The van der Waals surface area contributed by atoms with Crippen LogP contribution in [0, 0.1) is 0 Å². The monoisotopic (exact) mass is 443 g/mol. The third-order valence-corrected chi connectivity index (χ3v) is 5.64. The fraction of sp³-hybridized carbons (Fsp3) is 0.560. The fourth-order valence-electron chi connectivity index (χ4n) is 3.79. The summed E-state index contributed by atoms with van der Waals surface area (Å²) < 4.78 is 21.8. The summed E-state index contributed by atoms with van der Waals surface area (Å²) in [5.74, 6) is 2.83. The molecule has 1 aliphatic rings. The van der Waals surface area contributed by atoms with E-state index in [4.69, 9.17) is 23.6 Å². The van der Waals surface area contributed by atoms with Gasteiger partial charge in [0.25, 0.3) is 0 Å². The summed E-state index contributed by atoms with van der Waals surface area (Å²) in [6.45, 7) is 4.95. The van der Waals surface area contributed by atoms with Crippen LogP contribution in [0.25, 0.3) is 0 Å². The van der Waals surface area contributed by atoms with Crippen LogP contribution in [0.2, 0.25) is 0 Å².